The maximum atomic E-state index is 12.2. The molecule has 0 unspecified atom stereocenters. The number of halogens is 3. The smallest absolute Gasteiger partial charge is 0.166 e. The highest BCUT2D eigenvalue weighted by atomic mass is 32.1. The average Bonchev–Trinajstić information content (AvgIpc) is 2.03. The number of hydrogen-bond acceptors (Lipinski definition) is 1. The highest BCUT2D eigenvalue weighted by Crippen LogP contribution is 2.31. The number of benzene rings is 1. The number of alkyl halides is 3. The van der Waals surface area contributed by atoms with Gasteiger partial charge in [0.25, 0.3) is 0 Å². The topological polar surface area (TPSA) is 0 Å². The standard InChI is InChI=1S/C9H7F3S/c1-2-6-5-7(9(10,11)12)3-4-8(6)13/h2-5,13H,1H2. The van der Waals surface area contributed by atoms with Gasteiger partial charge in [-0.25, -0.2) is 0 Å². The van der Waals surface area contributed by atoms with Crippen LogP contribution in [0.3, 0.4) is 0 Å². The summed E-state index contributed by atoms with van der Waals surface area (Å²) in [6.07, 6.45) is -2.96. The predicted molar refractivity (Wildman–Crippen MR) is 48.8 cm³/mol. The third kappa shape index (κ3) is 2.28. The van der Waals surface area contributed by atoms with Crippen LogP contribution in [0.1, 0.15) is 11.1 Å². The molecule has 0 aliphatic heterocycles. The second-order valence-electron chi connectivity index (χ2n) is 2.48. The molecule has 0 saturated heterocycles. The van der Waals surface area contributed by atoms with Gasteiger partial charge < -0.3 is 0 Å². The molecular formula is C9H7F3S. The third-order valence-corrected chi connectivity index (χ3v) is 1.98. The molecule has 0 N–H and O–H groups in total. The Labute approximate surface area is 79.5 Å². The summed E-state index contributed by atoms with van der Waals surface area (Å²) >= 11 is 3.98. The predicted octanol–water partition coefficient (Wildman–Crippen LogP) is 3.64. The van der Waals surface area contributed by atoms with E-state index in [1.165, 1.54) is 12.1 Å². The average molecular weight is 204 g/mol. The summed E-state index contributed by atoms with van der Waals surface area (Å²) < 4.78 is 36.5. The zero-order valence-corrected chi connectivity index (χ0v) is 7.49. The fourth-order valence-corrected chi connectivity index (χ4v) is 1.12. The van der Waals surface area contributed by atoms with Gasteiger partial charge in [0.05, 0.1) is 5.56 Å². The Morgan fingerprint density at radius 2 is 1.92 bits per heavy atom. The molecule has 1 aromatic carbocycles. The van der Waals surface area contributed by atoms with Crippen LogP contribution in [-0.4, -0.2) is 0 Å². The van der Waals surface area contributed by atoms with E-state index in [2.05, 4.69) is 19.2 Å². The van der Waals surface area contributed by atoms with Crippen LogP contribution < -0.4 is 0 Å². The van der Waals surface area contributed by atoms with E-state index in [9.17, 15) is 13.2 Å². The maximum absolute atomic E-state index is 12.2. The molecule has 0 nitrogen and oxygen atoms in total. The van der Waals surface area contributed by atoms with Gasteiger partial charge in [0, 0.05) is 4.90 Å². The van der Waals surface area contributed by atoms with Crippen LogP contribution >= 0.6 is 12.6 Å². The molecule has 0 saturated carbocycles. The summed E-state index contributed by atoms with van der Waals surface area (Å²) in [4.78, 5) is 0.489. The first kappa shape index (κ1) is 10.2. The van der Waals surface area contributed by atoms with E-state index in [1.54, 1.807) is 0 Å². The molecule has 0 aromatic heterocycles. The first-order valence-corrected chi connectivity index (χ1v) is 3.92. The van der Waals surface area contributed by atoms with E-state index >= 15 is 0 Å². The normalized spacial score (nSPS) is 11.4. The van der Waals surface area contributed by atoms with Gasteiger partial charge in [-0.1, -0.05) is 12.7 Å². The zero-order valence-electron chi connectivity index (χ0n) is 6.60. The van der Waals surface area contributed by atoms with Gasteiger partial charge in [0.2, 0.25) is 0 Å². The Hall–Kier alpha value is -0.900. The van der Waals surface area contributed by atoms with Gasteiger partial charge in [-0.3, -0.25) is 0 Å². The number of rotatable bonds is 1. The van der Waals surface area contributed by atoms with E-state index in [0.717, 1.165) is 12.1 Å². The molecule has 0 spiro atoms. The first-order chi connectivity index (χ1) is 5.95. The second-order valence-corrected chi connectivity index (χ2v) is 2.96. The molecule has 13 heavy (non-hydrogen) atoms. The number of thiol groups is 1. The van der Waals surface area contributed by atoms with Crippen LogP contribution in [0.4, 0.5) is 13.2 Å². The first-order valence-electron chi connectivity index (χ1n) is 3.48. The summed E-state index contributed by atoms with van der Waals surface area (Å²) in [5.41, 5.74) is -0.293. The minimum Gasteiger partial charge on any atom is -0.166 e. The fraction of sp³-hybridized carbons (Fsp3) is 0.111. The third-order valence-electron chi connectivity index (χ3n) is 1.57. The van der Waals surface area contributed by atoms with Gasteiger partial charge in [-0.15, -0.1) is 12.6 Å². The van der Waals surface area contributed by atoms with Crippen molar-refractivity contribution in [3.05, 3.63) is 35.9 Å². The molecule has 0 aliphatic rings. The molecule has 4 heteroatoms. The van der Waals surface area contributed by atoms with Gasteiger partial charge in [-0.05, 0) is 23.8 Å². The van der Waals surface area contributed by atoms with Crippen molar-refractivity contribution in [1.29, 1.82) is 0 Å². The van der Waals surface area contributed by atoms with E-state index in [4.69, 9.17) is 0 Å². The van der Waals surface area contributed by atoms with Crippen molar-refractivity contribution in [2.75, 3.05) is 0 Å². The molecule has 1 rings (SSSR count). The van der Waals surface area contributed by atoms with Gasteiger partial charge >= 0.3 is 6.18 Å². The largest absolute Gasteiger partial charge is 0.416 e. The maximum Gasteiger partial charge on any atom is 0.416 e. The summed E-state index contributed by atoms with van der Waals surface area (Å²) in [7, 11) is 0. The van der Waals surface area contributed by atoms with Crippen molar-refractivity contribution >= 4 is 18.7 Å². The van der Waals surface area contributed by atoms with E-state index in [0.29, 0.717) is 10.5 Å². The Balaban J connectivity index is 3.21. The molecule has 0 radical (unpaired) electrons. The molecule has 0 amide bonds. The van der Waals surface area contributed by atoms with Crippen molar-refractivity contribution in [3.8, 4) is 0 Å². The fourth-order valence-electron chi connectivity index (χ4n) is 0.894. The Morgan fingerprint density at radius 1 is 1.31 bits per heavy atom. The molecule has 70 valence electrons. The molecule has 0 aliphatic carbocycles. The van der Waals surface area contributed by atoms with Crippen LogP contribution in [0.5, 0.6) is 0 Å². The van der Waals surface area contributed by atoms with E-state index in [-0.39, 0.29) is 0 Å². The highest BCUT2D eigenvalue weighted by Gasteiger charge is 2.30. The summed E-state index contributed by atoms with van der Waals surface area (Å²) in [5, 5.41) is 0. The van der Waals surface area contributed by atoms with Crippen molar-refractivity contribution in [2.24, 2.45) is 0 Å². The van der Waals surface area contributed by atoms with Gasteiger partial charge in [0.1, 0.15) is 0 Å². The number of hydrogen-bond donors (Lipinski definition) is 1. The van der Waals surface area contributed by atoms with E-state index < -0.39 is 11.7 Å². The van der Waals surface area contributed by atoms with Crippen molar-refractivity contribution in [3.63, 3.8) is 0 Å². The Bertz CT molecular complexity index is 328. The summed E-state index contributed by atoms with van der Waals surface area (Å²) in [5.74, 6) is 0. The van der Waals surface area contributed by atoms with Crippen molar-refractivity contribution in [2.45, 2.75) is 11.1 Å². The monoisotopic (exact) mass is 204 g/mol. The minimum atomic E-state index is -4.31. The minimum absolute atomic E-state index is 0.387. The second kappa shape index (κ2) is 3.46. The van der Waals surface area contributed by atoms with Crippen LogP contribution in [-0.2, 0) is 6.18 Å². The SMILES string of the molecule is C=Cc1cc(C(F)(F)F)ccc1S. The highest BCUT2D eigenvalue weighted by molar-refractivity contribution is 7.80. The Morgan fingerprint density at radius 3 is 2.38 bits per heavy atom. The molecule has 0 atom stereocenters. The lowest BCUT2D eigenvalue weighted by Crippen LogP contribution is -2.04. The van der Waals surface area contributed by atoms with Gasteiger partial charge in [-0.2, -0.15) is 13.2 Å². The van der Waals surface area contributed by atoms with Crippen molar-refractivity contribution in [1.82, 2.24) is 0 Å². The lowest BCUT2D eigenvalue weighted by molar-refractivity contribution is -0.137. The quantitative estimate of drug-likeness (QED) is 0.663. The zero-order chi connectivity index (χ0) is 10.1. The lowest BCUT2D eigenvalue weighted by Gasteiger charge is -2.08. The molecule has 0 fully saturated rings. The van der Waals surface area contributed by atoms with Crippen LogP contribution in [0.25, 0.3) is 6.08 Å². The van der Waals surface area contributed by atoms with Crippen LogP contribution in [0.2, 0.25) is 0 Å². The molecular weight excluding hydrogens is 197 g/mol. The van der Waals surface area contributed by atoms with E-state index in [1.807, 2.05) is 0 Å². The van der Waals surface area contributed by atoms with Crippen LogP contribution in [0.15, 0.2) is 29.7 Å². The molecule has 1 aromatic rings. The summed E-state index contributed by atoms with van der Waals surface area (Å²) in [6.45, 7) is 3.40. The van der Waals surface area contributed by atoms with Crippen molar-refractivity contribution < 1.29 is 13.2 Å². The molecule has 0 heterocycles. The van der Waals surface area contributed by atoms with Gasteiger partial charge in [0.15, 0.2) is 0 Å². The Kier molecular flexibility index (Phi) is 2.71. The summed E-state index contributed by atoms with van der Waals surface area (Å²) in [6, 6.07) is 3.33. The molecule has 0 bridgehead atoms. The van der Waals surface area contributed by atoms with Crippen LogP contribution in [0, 0.1) is 0 Å². The lowest BCUT2D eigenvalue weighted by atomic mass is 10.1.